The van der Waals surface area contributed by atoms with E-state index in [-0.39, 0.29) is 35.1 Å². The van der Waals surface area contributed by atoms with E-state index in [0.717, 1.165) is 38.5 Å². The first-order chi connectivity index (χ1) is 14.8. The van der Waals surface area contributed by atoms with Gasteiger partial charge in [0.05, 0.1) is 0 Å². The Morgan fingerprint density at radius 1 is 1.03 bits per heavy atom. The standard InChI is InChI=1S/C23H44ClN7O/c1-22(2,3)18-13-17(31(7)30-18)20(32)26-21(27-23(4,5)6)25-19-12-16(28-29-19)14-8-10-15(24)11-9-14/h14-19,28-30H,8-13H2,1-7H3,(H2,25,26,27,32). The molecule has 2 heterocycles. The maximum absolute atomic E-state index is 13.2. The van der Waals surface area contributed by atoms with Crippen molar-refractivity contribution in [2.75, 3.05) is 7.05 Å². The lowest BCUT2D eigenvalue weighted by atomic mass is 9.83. The van der Waals surface area contributed by atoms with Crippen LogP contribution in [-0.4, -0.2) is 59.1 Å². The van der Waals surface area contributed by atoms with Gasteiger partial charge in [0.15, 0.2) is 5.96 Å². The van der Waals surface area contributed by atoms with E-state index in [4.69, 9.17) is 16.6 Å². The van der Waals surface area contributed by atoms with Gasteiger partial charge in [-0.15, -0.1) is 11.6 Å². The highest BCUT2D eigenvalue weighted by Crippen LogP contribution is 2.32. The van der Waals surface area contributed by atoms with Gasteiger partial charge < -0.3 is 5.32 Å². The zero-order chi connectivity index (χ0) is 23.7. The van der Waals surface area contributed by atoms with E-state index < -0.39 is 0 Å². The van der Waals surface area contributed by atoms with Crippen LogP contribution in [0.1, 0.15) is 80.1 Å². The molecule has 184 valence electrons. The third-order valence-corrected chi connectivity index (χ3v) is 7.27. The molecule has 0 aromatic heterocycles. The minimum atomic E-state index is -0.237. The third kappa shape index (κ3) is 7.03. The van der Waals surface area contributed by atoms with Crippen LogP contribution in [0.5, 0.6) is 0 Å². The Labute approximate surface area is 199 Å². The van der Waals surface area contributed by atoms with Crippen LogP contribution in [0.3, 0.4) is 0 Å². The normalized spacial score (nSPS) is 35.2. The predicted molar refractivity (Wildman–Crippen MR) is 131 cm³/mol. The van der Waals surface area contributed by atoms with Crippen molar-refractivity contribution in [1.82, 2.24) is 31.9 Å². The minimum Gasteiger partial charge on any atom is -0.351 e. The van der Waals surface area contributed by atoms with Crippen LogP contribution in [0, 0.1) is 11.3 Å². The fraction of sp³-hybridized carbons (Fsp3) is 0.913. The van der Waals surface area contributed by atoms with Gasteiger partial charge in [-0.25, -0.2) is 15.4 Å². The minimum absolute atomic E-state index is 0.0369. The zero-order valence-electron chi connectivity index (χ0n) is 20.9. The molecule has 2 aliphatic heterocycles. The predicted octanol–water partition coefficient (Wildman–Crippen LogP) is 2.46. The molecule has 0 radical (unpaired) electrons. The highest BCUT2D eigenvalue weighted by atomic mass is 35.5. The Morgan fingerprint density at radius 3 is 2.25 bits per heavy atom. The largest absolute Gasteiger partial charge is 0.351 e. The van der Waals surface area contributed by atoms with Crippen LogP contribution in [0.4, 0.5) is 0 Å². The molecule has 4 unspecified atom stereocenters. The number of hydrogen-bond donors (Lipinski definition) is 5. The number of carbonyl (C=O) groups is 1. The molecule has 0 aromatic carbocycles. The molecule has 3 rings (SSSR count). The second-order valence-electron chi connectivity index (χ2n) is 11.9. The Morgan fingerprint density at radius 2 is 1.69 bits per heavy atom. The van der Waals surface area contributed by atoms with Crippen LogP contribution >= 0.6 is 11.6 Å². The van der Waals surface area contributed by atoms with E-state index in [0.29, 0.717) is 23.3 Å². The fourth-order valence-electron chi connectivity index (χ4n) is 4.84. The third-order valence-electron chi connectivity index (χ3n) is 6.84. The van der Waals surface area contributed by atoms with Gasteiger partial charge in [0.1, 0.15) is 12.2 Å². The lowest BCUT2D eigenvalue weighted by Gasteiger charge is -2.29. The maximum Gasteiger partial charge on any atom is 0.245 e. The summed E-state index contributed by atoms with van der Waals surface area (Å²) in [5.41, 5.74) is 10.1. The maximum atomic E-state index is 13.2. The molecule has 3 aliphatic rings. The van der Waals surface area contributed by atoms with Gasteiger partial charge in [-0.3, -0.25) is 21.0 Å². The molecular weight excluding hydrogens is 426 g/mol. The molecule has 5 N–H and O–H groups in total. The fourth-order valence-corrected chi connectivity index (χ4v) is 5.10. The summed E-state index contributed by atoms with van der Waals surface area (Å²) in [5, 5.41) is 8.72. The lowest BCUT2D eigenvalue weighted by Crippen LogP contribution is -2.54. The van der Waals surface area contributed by atoms with Gasteiger partial charge in [0, 0.05) is 36.5 Å². The van der Waals surface area contributed by atoms with Gasteiger partial charge >= 0.3 is 0 Å². The number of amides is 1. The van der Waals surface area contributed by atoms with Crippen molar-refractivity contribution in [3.8, 4) is 0 Å². The number of hydrazine groups is 2. The summed E-state index contributed by atoms with van der Waals surface area (Å²) in [7, 11) is 1.94. The SMILES string of the molecule is CN1NC(C(C)(C)C)CC1C(=O)N/C(=N/C1CC(C2CCC(Cl)CC2)NN1)NC(C)(C)C. The summed E-state index contributed by atoms with van der Waals surface area (Å²) in [6.07, 6.45) is 6.07. The second kappa shape index (κ2) is 10.1. The van der Waals surface area contributed by atoms with Crippen molar-refractivity contribution in [2.24, 2.45) is 16.3 Å². The van der Waals surface area contributed by atoms with Crippen LogP contribution in [0.2, 0.25) is 0 Å². The summed E-state index contributed by atoms with van der Waals surface area (Å²) in [4.78, 5) is 18.0. The van der Waals surface area contributed by atoms with Crippen LogP contribution in [0.25, 0.3) is 0 Å². The summed E-state index contributed by atoms with van der Waals surface area (Å²) < 4.78 is 0. The Hall–Kier alpha value is -0.930. The molecule has 9 heteroatoms. The number of nitrogens with one attached hydrogen (secondary N) is 5. The monoisotopic (exact) mass is 469 g/mol. The van der Waals surface area contributed by atoms with E-state index in [9.17, 15) is 4.79 Å². The highest BCUT2D eigenvalue weighted by molar-refractivity contribution is 6.20. The number of guanidine groups is 1. The number of carbonyl (C=O) groups excluding carboxylic acids is 1. The van der Waals surface area contributed by atoms with E-state index in [2.05, 4.69) is 68.5 Å². The molecule has 1 amide bonds. The molecule has 3 fully saturated rings. The second-order valence-corrected chi connectivity index (χ2v) is 12.5. The first-order valence-electron chi connectivity index (χ1n) is 12.1. The Balaban J connectivity index is 1.63. The van der Waals surface area contributed by atoms with Gasteiger partial charge in [-0.05, 0) is 64.2 Å². The number of aliphatic imine (C=N–C) groups is 1. The first-order valence-corrected chi connectivity index (χ1v) is 12.6. The first kappa shape index (κ1) is 25.7. The molecule has 0 aromatic rings. The molecular formula is C23H44ClN7O. The summed E-state index contributed by atoms with van der Waals surface area (Å²) >= 11 is 6.28. The van der Waals surface area contributed by atoms with Crippen molar-refractivity contribution in [2.45, 2.75) is 115 Å². The van der Waals surface area contributed by atoms with Crippen molar-refractivity contribution in [3.63, 3.8) is 0 Å². The smallest absolute Gasteiger partial charge is 0.245 e. The number of nitrogens with zero attached hydrogens (tertiary/aromatic N) is 2. The molecule has 1 aliphatic carbocycles. The van der Waals surface area contributed by atoms with E-state index in [1.165, 1.54) is 0 Å². The number of rotatable bonds is 3. The molecule has 1 saturated carbocycles. The molecule has 8 nitrogen and oxygen atoms in total. The van der Waals surface area contributed by atoms with Gasteiger partial charge in [-0.1, -0.05) is 20.8 Å². The Kier molecular flexibility index (Phi) is 8.14. The Bertz CT molecular complexity index is 679. The lowest BCUT2D eigenvalue weighted by molar-refractivity contribution is -0.124. The molecule has 2 saturated heterocycles. The van der Waals surface area contributed by atoms with E-state index in [1.54, 1.807) is 0 Å². The van der Waals surface area contributed by atoms with Crippen LogP contribution in [-0.2, 0) is 4.79 Å². The summed E-state index contributed by atoms with van der Waals surface area (Å²) in [5.74, 6) is 1.11. The van der Waals surface area contributed by atoms with Crippen LogP contribution in [0.15, 0.2) is 4.99 Å². The van der Waals surface area contributed by atoms with Crippen LogP contribution < -0.4 is 26.9 Å². The molecule has 32 heavy (non-hydrogen) atoms. The average Bonchev–Trinajstić information content (AvgIpc) is 3.27. The molecule has 0 bridgehead atoms. The molecule has 4 atom stereocenters. The topological polar surface area (TPSA) is 92.8 Å². The number of alkyl halides is 1. The van der Waals surface area contributed by atoms with Crippen molar-refractivity contribution in [1.29, 1.82) is 0 Å². The van der Waals surface area contributed by atoms with Crippen molar-refractivity contribution in [3.05, 3.63) is 0 Å². The number of likely N-dealkylation sites (N-methyl/N-ethyl adjacent to an activating group) is 1. The quantitative estimate of drug-likeness (QED) is 0.248. The number of hydrogen-bond acceptors (Lipinski definition) is 6. The van der Waals surface area contributed by atoms with E-state index in [1.807, 2.05) is 12.1 Å². The van der Waals surface area contributed by atoms with Crippen molar-refractivity contribution >= 4 is 23.5 Å². The van der Waals surface area contributed by atoms with Crippen molar-refractivity contribution < 1.29 is 4.79 Å². The summed E-state index contributed by atoms with van der Waals surface area (Å²) in [6, 6.07) is 0.403. The van der Waals surface area contributed by atoms with Gasteiger partial charge in [0.2, 0.25) is 5.91 Å². The summed E-state index contributed by atoms with van der Waals surface area (Å²) in [6.45, 7) is 12.8. The average molecular weight is 470 g/mol. The van der Waals surface area contributed by atoms with Gasteiger partial charge in [-0.2, -0.15) is 0 Å². The van der Waals surface area contributed by atoms with Gasteiger partial charge in [0.25, 0.3) is 0 Å². The highest BCUT2D eigenvalue weighted by Gasteiger charge is 2.40. The van der Waals surface area contributed by atoms with E-state index >= 15 is 0 Å². The zero-order valence-corrected chi connectivity index (χ0v) is 21.6. The molecule has 0 spiro atoms. The number of halogens is 1.